The molecule has 4 aromatic rings. The molecule has 104 valence electrons. The maximum Gasteiger partial charge on any atom is 0.248 e. The van der Waals surface area contributed by atoms with Gasteiger partial charge in [0.05, 0.1) is 0 Å². The molecular formula is C19H17NO. The number of aromatic nitrogens is 1. The number of hydrogen-bond acceptors (Lipinski definition) is 1. The van der Waals surface area contributed by atoms with Gasteiger partial charge in [-0.25, -0.2) is 0 Å². The second-order valence-electron chi connectivity index (χ2n) is 4.72. The van der Waals surface area contributed by atoms with E-state index in [0.29, 0.717) is 0 Å². The second kappa shape index (κ2) is 5.41. The van der Waals surface area contributed by atoms with Crippen LogP contribution in [0.5, 0.6) is 0 Å². The first kappa shape index (κ1) is 13.4. The molecule has 0 aliphatic rings. The Bertz CT molecular complexity index is 947. The second-order valence-corrected chi connectivity index (χ2v) is 4.72. The van der Waals surface area contributed by atoms with Gasteiger partial charge in [-0.1, -0.05) is 62.4 Å². The Balaban J connectivity index is 0.000000636. The number of fused-ring (bicyclic) bond motifs is 6. The topological polar surface area (TPSA) is 32.9 Å². The lowest BCUT2D eigenvalue weighted by Crippen LogP contribution is -2.02. The number of aromatic amines is 1. The van der Waals surface area contributed by atoms with Gasteiger partial charge >= 0.3 is 0 Å². The fourth-order valence-corrected chi connectivity index (χ4v) is 2.82. The summed E-state index contributed by atoms with van der Waals surface area (Å²) in [5, 5.41) is 6.82. The third-order valence-corrected chi connectivity index (χ3v) is 3.65. The zero-order chi connectivity index (χ0) is 14.8. The molecule has 2 heteroatoms. The molecule has 0 aliphatic heterocycles. The van der Waals surface area contributed by atoms with E-state index in [1.165, 1.54) is 16.2 Å². The lowest BCUT2D eigenvalue weighted by Gasteiger charge is -2.09. The number of H-pyrrole nitrogens is 1. The molecule has 1 N–H and O–H groups in total. The van der Waals surface area contributed by atoms with Crippen molar-refractivity contribution in [2.45, 2.75) is 13.8 Å². The highest BCUT2D eigenvalue weighted by atomic mass is 16.1. The molecule has 1 aromatic heterocycles. The summed E-state index contributed by atoms with van der Waals surface area (Å²) in [4.78, 5) is 14.4. The first-order valence-electron chi connectivity index (χ1n) is 7.26. The molecule has 21 heavy (non-hydrogen) atoms. The van der Waals surface area contributed by atoms with Crippen LogP contribution in [0.2, 0.25) is 0 Å². The van der Waals surface area contributed by atoms with Crippen molar-refractivity contribution in [1.29, 1.82) is 0 Å². The van der Waals surface area contributed by atoms with Crippen LogP contribution in [0.15, 0.2) is 65.6 Å². The Morgan fingerprint density at radius 1 is 0.667 bits per heavy atom. The van der Waals surface area contributed by atoms with Crippen LogP contribution in [0.3, 0.4) is 0 Å². The van der Waals surface area contributed by atoms with Gasteiger partial charge in [-0.3, -0.25) is 4.79 Å². The van der Waals surface area contributed by atoms with Crippen LogP contribution in [-0.2, 0) is 0 Å². The minimum Gasteiger partial charge on any atom is -0.328 e. The van der Waals surface area contributed by atoms with E-state index in [0.717, 1.165) is 16.2 Å². The summed E-state index contributed by atoms with van der Waals surface area (Å²) in [7, 11) is 0. The van der Waals surface area contributed by atoms with E-state index in [1.807, 2.05) is 44.3 Å². The molecule has 0 saturated carbocycles. The number of hydrogen-bond donors (Lipinski definition) is 1. The zero-order valence-corrected chi connectivity index (χ0v) is 12.2. The molecular weight excluding hydrogens is 258 g/mol. The molecule has 0 saturated heterocycles. The van der Waals surface area contributed by atoms with E-state index in [2.05, 4.69) is 29.2 Å². The van der Waals surface area contributed by atoms with Crippen LogP contribution >= 0.6 is 0 Å². The van der Waals surface area contributed by atoms with Crippen molar-refractivity contribution in [1.82, 2.24) is 4.98 Å². The largest absolute Gasteiger partial charge is 0.328 e. The van der Waals surface area contributed by atoms with Gasteiger partial charge < -0.3 is 4.98 Å². The van der Waals surface area contributed by atoms with Gasteiger partial charge in [-0.05, 0) is 26.9 Å². The number of rotatable bonds is 0. The van der Waals surface area contributed by atoms with Gasteiger partial charge in [0.15, 0.2) is 0 Å². The van der Waals surface area contributed by atoms with Crippen LogP contribution in [0.1, 0.15) is 13.8 Å². The van der Waals surface area contributed by atoms with Crippen LogP contribution in [-0.4, -0.2) is 4.98 Å². The van der Waals surface area contributed by atoms with Crippen molar-refractivity contribution in [3.63, 3.8) is 0 Å². The van der Waals surface area contributed by atoms with E-state index in [1.54, 1.807) is 6.07 Å². The fraction of sp³-hybridized carbons (Fsp3) is 0.105. The monoisotopic (exact) mass is 275 g/mol. The van der Waals surface area contributed by atoms with Crippen LogP contribution in [0.4, 0.5) is 0 Å². The molecule has 0 amide bonds. The van der Waals surface area contributed by atoms with E-state index in [9.17, 15) is 4.79 Å². The van der Waals surface area contributed by atoms with E-state index < -0.39 is 0 Å². The lowest BCUT2D eigenvalue weighted by atomic mass is 9.96. The molecule has 0 radical (unpaired) electrons. The molecule has 0 bridgehead atoms. The van der Waals surface area contributed by atoms with Crippen LogP contribution < -0.4 is 5.56 Å². The highest BCUT2D eigenvalue weighted by Gasteiger charge is 2.07. The Hall–Kier alpha value is -2.61. The molecule has 0 atom stereocenters. The predicted molar refractivity (Wildman–Crippen MR) is 90.9 cm³/mol. The van der Waals surface area contributed by atoms with Gasteiger partial charge in [0.2, 0.25) is 5.56 Å². The van der Waals surface area contributed by atoms with Crippen molar-refractivity contribution >= 4 is 32.3 Å². The summed E-state index contributed by atoms with van der Waals surface area (Å²) < 4.78 is 0. The number of nitrogens with one attached hydrogen (secondary N) is 1. The summed E-state index contributed by atoms with van der Waals surface area (Å²) in [5.41, 5.74) is -0.0621. The fourth-order valence-electron chi connectivity index (χ4n) is 2.82. The highest BCUT2D eigenvalue weighted by molar-refractivity contribution is 6.24. The van der Waals surface area contributed by atoms with E-state index in [4.69, 9.17) is 0 Å². The molecule has 0 unspecified atom stereocenters. The molecule has 0 aliphatic carbocycles. The predicted octanol–water partition coefficient (Wildman–Crippen LogP) is 4.86. The number of benzene rings is 3. The van der Waals surface area contributed by atoms with Crippen LogP contribution in [0.25, 0.3) is 32.3 Å². The Kier molecular flexibility index (Phi) is 3.44. The third-order valence-electron chi connectivity index (χ3n) is 3.65. The Labute approximate surface area is 123 Å². The minimum atomic E-state index is -0.0621. The SMILES string of the molecule is CC.O=c1cc2c3ccccc3c3ccccc3c2c[nH]1. The van der Waals surface area contributed by atoms with Gasteiger partial charge in [-0.15, -0.1) is 0 Å². The molecule has 0 fully saturated rings. The first-order valence-corrected chi connectivity index (χ1v) is 7.26. The lowest BCUT2D eigenvalue weighted by molar-refractivity contribution is 1.27. The van der Waals surface area contributed by atoms with Gasteiger partial charge in [0, 0.05) is 17.6 Å². The molecule has 3 aromatic carbocycles. The smallest absolute Gasteiger partial charge is 0.248 e. The van der Waals surface area contributed by atoms with Crippen molar-refractivity contribution in [2.24, 2.45) is 0 Å². The first-order chi connectivity index (χ1) is 10.3. The van der Waals surface area contributed by atoms with Crippen molar-refractivity contribution in [3.05, 3.63) is 71.1 Å². The third kappa shape index (κ3) is 2.09. The summed E-state index contributed by atoms with van der Waals surface area (Å²) in [6.45, 7) is 4.00. The van der Waals surface area contributed by atoms with Crippen molar-refractivity contribution in [3.8, 4) is 0 Å². The molecule has 2 nitrogen and oxygen atoms in total. The van der Waals surface area contributed by atoms with E-state index in [-0.39, 0.29) is 5.56 Å². The maximum atomic E-state index is 11.6. The van der Waals surface area contributed by atoms with Crippen molar-refractivity contribution in [2.75, 3.05) is 0 Å². The van der Waals surface area contributed by atoms with Gasteiger partial charge in [-0.2, -0.15) is 0 Å². The minimum absolute atomic E-state index is 0.0621. The number of pyridine rings is 1. The maximum absolute atomic E-state index is 11.6. The average molecular weight is 275 g/mol. The molecule has 1 heterocycles. The van der Waals surface area contributed by atoms with Gasteiger partial charge in [0.25, 0.3) is 0 Å². The average Bonchev–Trinajstić information content (AvgIpc) is 2.57. The van der Waals surface area contributed by atoms with E-state index >= 15 is 0 Å². The van der Waals surface area contributed by atoms with Crippen LogP contribution in [0, 0.1) is 0 Å². The molecule has 4 rings (SSSR count). The summed E-state index contributed by atoms with van der Waals surface area (Å²) in [6, 6.07) is 18.2. The molecule has 0 spiro atoms. The Morgan fingerprint density at radius 3 is 1.62 bits per heavy atom. The zero-order valence-electron chi connectivity index (χ0n) is 12.2. The highest BCUT2D eigenvalue weighted by Crippen LogP contribution is 2.33. The standard InChI is InChI=1S/C17H11NO.C2H6/c19-17-9-15-13-7-3-1-5-11(13)12-6-2-4-8-14(12)16(15)10-18-17;1-2/h1-10H,(H,18,19);1-2H3. The Morgan fingerprint density at radius 2 is 1.10 bits per heavy atom. The van der Waals surface area contributed by atoms with Gasteiger partial charge in [0.1, 0.15) is 0 Å². The quantitative estimate of drug-likeness (QED) is 0.457. The normalized spacial score (nSPS) is 10.6. The summed E-state index contributed by atoms with van der Waals surface area (Å²) in [6.07, 6.45) is 1.81. The summed E-state index contributed by atoms with van der Waals surface area (Å²) in [5.74, 6) is 0. The summed E-state index contributed by atoms with van der Waals surface area (Å²) >= 11 is 0. The van der Waals surface area contributed by atoms with Crippen molar-refractivity contribution < 1.29 is 0 Å².